The second-order valence-electron chi connectivity index (χ2n) is 8.38. The molecule has 0 amide bonds. The molecule has 1 aliphatic heterocycles. The van der Waals surface area contributed by atoms with Gasteiger partial charge in [-0.05, 0) is 43.9 Å². The number of nitrogens with zero attached hydrogens (tertiary/aromatic N) is 5. The van der Waals surface area contributed by atoms with Gasteiger partial charge < -0.3 is 5.32 Å². The highest BCUT2D eigenvalue weighted by atomic mass is 32.2. The third-order valence-corrected chi connectivity index (χ3v) is 7.59. The molecule has 1 N–H and O–H groups in total. The first-order valence-corrected chi connectivity index (χ1v) is 13.3. The van der Waals surface area contributed by atoms with Gasteiger partial charge in [-0.15, -0.1) is 0 Å². The van der Waals surface area contributed by atoms with E-state index in [2.05, 4.69) is 26.5 Å². The minimum absolute atomic E-state index is 0.0351. The number of benzene rings is 1. The summed E-state index contributed by atoms with van der Waals surface area (Å²) in [6.07, 6.45) is 10.5. The highest BCUT2D eigenvalue weighted by Crippen LogP contribution is 2.30. The third kappa shape index (κ3) is 5.59. The Morgan fingerprint density at radius 2 is 2.03 bits per heavy atom. The molecule has 3 heterocycles. The van der Waals surface area contributed by atoms with Crippen LogP contribution in [-0.4, -0.2) is 58.5 Å². The van der Waals surface area contributed by atoms with E-state index in [0.717, 1.165) is 34.4 Å². The van der Waals surface area contributed by atoms with E-state index in [1.807, 2.05) is 63.8 Å². The quantitative estimate of drug-likeness (QED) is 0.515. The van der Waals surface area contributed by atoms with E-state index in [1.54, 1.807) is 10.9 Å². The number of aryl methyl sites for hydroxylation is 1. The van der Waals surface area contributed by atoms with Crippen molar-refractivity contribution in [1.29, 1.82) is 0 Å². The minimum Gasteiger partial charge on any atom is -0.367 e. The number of sulfone groups is 1. The first-order chi connectivity index (χ1) is 16.4. The van der Waals surface area contributed by atoms with Crippen molar-refractivity contribution < 1.29 is 8.42 Å². The van der Waals surface area contributed by atoms with E-state index in [1.165, 1.54) is 0 Å². The maximum absolute atomic E-state index is 11.9. The molecule has 178 valence electrons. The average molecular weight is 479 g/mol. The normalized spacial score (nSPS) is 16.7. The van der Waals surface area contributed by atoms with Crippen LogP contribution in [0.4, 0.5) is 5.82 Å². The molecular formula is C25H30N6O2S. The van der Waals surface area contributed by atoms with Gasteiger partial charge in [-0.3, -0.25) is 9.67 Å². The van der Waals surface area contributed by atoms with Gasteiger partial charge in [0.1, 0.15) is 15.7 Å². The van der Waals surface area contributed by atoms with Gasteiger partial charge in [0.25, 0.3) is 0 Å². The molecule has 34 heavy (non-hydrogen) atoms. The van der Waals surface area contributed by atoms with E-state index in [4.69, 9.17) is 4.98 Å². The fourth-order valence-electron chi connectivity index (χ4n) is 3.97. The molecule has 2 aromatic heterocycles. The number of rotatable bonds is 7. The Morgan fingerprint density at radius 1 is 1.24 bits per heavy atom. The summed E-state index contributed by atoms with van der Waals surface area (Å²) in [4.78, 5) is 13.9. The smallest absolute Gasteiger partial charge is 0.161 e. The van der Waals surface area contributed by atoms with Gasteiger partial charge in [0, 0.05) is 54.9 Å². The monoisotopic (exact) mass is 478 g/mol. The molecule has 0 unspecified atom stereocenters. The van der Waals surface area contributed by atoms with Crippen molar-refractivity contribution in [3.63, 3.8) is 0 Å². The van der Waals surface area contributed by atoms with Crippen molar-refractivity contribution in [2.24, 2.45) is 12.0 Å². The first kappa shape index (κ1) is 23.8. The van der Waals surface area contributed by atoms with Crippen LogP contribution in [0.3, 0.4) is 0 Å². The van der Waals surface area contributed by atoms with Crippen molar-refractivity contribution >= 4 is 27.4 Å². The lowest BCUT2D eigenvalue weighted by atomic mass is 10.0. The number of aromatic nitrogens is 4. The van der Waals surface area contributed by atoms with Gasteiger partial charge in [-0.2, -0.15) is 5.10 Å². The summed E-state index contributed by atoms with van der Waals surface area (Å²) in [5.74, 6) is 1.67. The molecule has 4 rings (SSSR count). The molecule has 0 spiro atoms. The van der Waals surface area contributed by atoms with E-state index >= 15 is 0 Å². The lowest BCUT2D eigenvalue weighted by molar-refractivity contribution is 0.559. The maximum atomic E-state index is 11.9. The number of hydrogen-bond donors (Lipinski definition) is 1. The molecule has 8 nitrogen and oxygen atoms in total. The SMILES string of the molecule is C/C=C(\C=NCC)c1cccc(-c2ncc(-c3cnn(C)c3)c(NC3CCS(=O)(=O)CC3)n2)c1. The van der Waals surface area contributed by atoms with Crippen LogP contribution in [0, 0.1) is 0 Å². The van der Waals surface area contributed by atoms with Crippen molar-refractivity contribution in [1.82, 2.24) is 19.7 Å². The van der Waals surface area contributed by atoms with Crippen LogP contribution in [-0.2, 0) is 16.9 Å². The number of nitrogens with one attached hydrogen (secondary N) is 1. The van der Waals surface area contributed by atoms with Gasteiger partial charge in [-0.1, -0.05) is 24.3 Å². The first-order valence-electron chi connectivity index (χ1n) is 11.5. The number of allylic oxidation sites excluding steroid dienone is 2. The van der Waals surface area contributed by atoms with Gasteiger partial charge in [-0.25, -0.2) is 18.4 Å². The Bertz CT molecular complexity index is 1310. The van der Waals surface area contributed by atoms with Crippen LogP contribution in [0.5, 0.6) is 0 Å². The van der Waals surface area contributed by atoms with Gasteiger partial charge >= 0.3 is 0 Å². The summed E-state index contributed by atoms with van der Waals surface area (Å²) < 4.78 is 25.5. The molecule has 3 aromatic rings. The second-order valence-corrected chi connectivity index (χ2v) is 10.7. The Labute approximate surface area is 200 Å². The standard InChI is InChI=1S/C25H30N6O2S/c1-4-18(14-26-5-2)19-7-6-8-20(13-19)24-27-16-23(21-15-28-31(3)17-21)25(30-24)29-22-9-11-34(32,33)12-10-22/h4,6-8,13-17,22H,5,9-12H2,1-3H3,(H,27,29,30)/b18-4+,26-14?. The van der Waals surface area contributed by atoms with Gasteiger partial charge in [0.15, 0.2) is 5.82 Å². The molecule has 1 aromatic carbocycles. The molecule has 0 atom stereocenters. The van der Waals surface area contributed by atoms with Gasteiger partial charge in [0.2, 0.25) is 0 Å². The van der Waals surface area contributed by atoms with E-state index < -0.39 is 9.84 Å². The van der Waals surface area contributed by atoms with Crippen LogP contribution in [0.2, 0.25) is 0 Å². The molecule has 1 fully saturated rings. The number of aliphatic imine (C=N–C) groups is 1. The Morgan fingerprint density at radius 3 is 2.71 bits per heavy atom. The summed E-state index contributed by atoms with van der Waals surface area (Å²) >= 11 is 0. The van der Waals surface area contributed by atoms with Crippen LogP contribution in [0.25, 0.3) is 28.1 Å². The van der Waals surface area contributed by atoms with E-state index in [-0.39, 0.29) is 17.5 Å². The Balaban J connectivity index is 1.70. The van der Waals surface area contributed by atoms with E-state index in [9.17, 15) is 8.42 Å². The number of hydrogen-bond acceptors (Lipinski definition) is 7. The van der Waals surface area contributed by atoms with E-state index in [0.29, 0.717) is 24.5 Å². The van der Waals surface area contributed by atoms with Crippen LogP contribution in [0.15, 0.2) is 53.9 Å². The lowest BCUT2D eigenvalue weighted by Gasteiger charge is -2.24. The average Bonchev–Trinajstić information content (AvgIpc) is 3.27. The van der Waals surface area contributed by atoms with Crippen molar-refractivity contribution in [3.05, 3.63) is 54.5 Å². The zero-order valence-electron chi connectivity index (χ0n) is 19.8. The summed E-state index contributed by atoms with van der Waals surface area (Å²) in [6.45, 7) is 4.73. The van der Waals surface area contributed by atoms with Gasteiger partial charge in [0.05, 0.1) is 17.7 Å². The summed E-state index contributed by atoms with van der Waals surface area (Å²) in [6, 6.07) is 8.13. The predicted octanol–water partition coefficient (Wildman–Crippen LogP) is 4.03. The van der Waals surface area contributed by atoms with Crippen molar-refractivity contribution in [3.8, 4) is 22.5 Å². The molecule has 1 saturated heterocycles. The maximum Gasteiger partial charge on any atom is 0.161 e. The fraction of sp³-hybridized carbons (Fsp3) is 0.360. The molecule has 0 radical (unpaired) electrons. The summed E-state index contributed by atoms with van der Waals surface area (Å²) in [7, 11) is -1.08. The van der Waals surface area contributed by atoms with Crippen molar-refractivity contribution in [2.45, 2.75) is 32.7 Å². The van der Waals surface area contributed by atoms with Crippen LogP contribution in [0.1, 0.15) is 32.3 Å². The zero-order chi connectivity index (χ0) is 24.1. The Kier molecular flexibility index (Phi) is 7.21. The topological polar surface area (TPSA) is 102 Å². The molecule has 9 heteroatoms. The highest BCUT2D eigenvalue weighted by molar-refractivity contribution is 7.91. The molecule has 0 saturated carbocycles. The second kappa shape index (κ2) is 10.3. The third-order valence-electron chi connectivity index (χ3n) is 5.88. The number of anilines is 1. The molecule has 1 aliphatic rings. The molecule has 0 bridgehead atoms. The lowest BCUT2D eigenvalue weighted by Crippen LogP contribution is -2.32. The fourth-order valence-corrected chi connectivity index (χ4v) is 5.46. The largest absolute Gasteiger partial charge is 0.367 e. The zero-order valence-corrected chi connectivity index (χ0v) is 20.6. The highest BCUT2D eigenvalue weighted by Gasteiger charge is 2.25. The van der Waals surface area contributed by atoms with Crippen LogP contribution >= 0.6 is 0 Å². The molecule has 0 aliphatic carbocycles. The summed E-state index contributed by atoms with van der Waals surface area (Å²) in [5, 5.41) is 7.78. The predicted molar refractivity (Wildman–Crippen MR) is 138 cm³/mol. The van der Waals surface area contributed by atoms with Crippen LogP contribution < -0.4 is 5.32 Å². The minimum atomic E-state index is -2.94. The molecular weight excluding hydrogens is 448 g/mol. The summed E-state index contributed by atoms with van der Waals surface area (Å²) in [5.41, 5.74) is 4.72. The Hall–Kier alpha value is -3.33. The van der Waals surface area contributed by atoms with Crippen molar-refractivity contribution in [2.75, 3.05) is 23.4 Å².